The highest BCUT2D eigenvalue weighted by Gasteiger charge is 2.14. The summed E-state index contributed by atoms with van der Waals surface area (Å²) < 4.78 is 8.87. The Labute approximate surface area is 379 Å². The molecule has 11 aromatic rings. The van der Waals surface area contributed by atoms with Crippen molar-refractivity contribution in [3.63, 3.8) is 0 Å². The standard InChI is InChI=1S/C62H46N2O/c1-2-3-22-53(40-44-28-37-61-58(41-44)57-36-33-47-18-8-9-23-54(47)62(57)65-61)63(38-14-4-5-15-39-64-59-26-12-10-24-55(59)56-25-11-13-27-60(56)64)52-34-31-46(32-35-52)49-20-16-21-50(42-49)51-30-29-45-17-6-7-19-48(45)43-51/h2-37,40-43H,1,38-39H2/b14-4-,15-5-,22-3-,53-40-. The molecule has 0 saturated heterocycles. The van der Waals surface area contributed by atoms with E-state index in [4.69, 9.17) is 4.42 Å². The van der Waals surface area contributed by atoms with Crippen LogP contribution in [0, 0.1) is 0 Å². The topological polar surface area (TPSA) is 21.3 Å². The summed E-state index contributed by atoms with van der Waals surface area (Å²) in [5, 5.41) is 9.57. The maximum atomic E-state index is 6.48. The molecule has 65 heavy (non-hydrogen) atoms. The number of rotatable bonds is 12. The molecule has 310 valence electrons. The molecule has 0 radical (unpaired) electrons. The number of allylic oxidation sites excluding steroid dienone is 6. The second-order valence-electron chi connectivity index (χ2n) is 16.5. The van der Waals surface area contributed by atoms with Crippen molar-refractivity contribution in [2.45, 2.75) is 6.54 Å². The van der Waals surface area contributed by atoms with Gasteiger partial charge in [0, 0.05) is 62.4 Å². The Kier molecular flexibility index (Phi) is 10.6. The first kappa shape index (κ1) is 39.4. The molecule has 9 aromatic carbocycles. The van der Waals surface area contributed by atoms with Crippen molar-refractivity contribution in [1.29, 1.82) is 0 Å². The van der Waals surface area contributed by atoms with Gasteiger partial charge in [-0.2, -0.15) is 0 Å². The lowest BCUT2D eigenvalue weighted by atomic mass is 9.97. The lowest BCUT2D eigenvalue weighted by Crippen LogP contribution is -2.21. The Balaban J connectivity index is 0.932. The largest absolute Gasteiger partial charge is 0.455 e. The van der Waals surface area contributed by atoms with Crippen molar-refractivity contribution in [1.82, 2.24) is 4.57 Å². The molecular formula is C62H46N2O. The van der Waals surface area contributed by atoms with Gasteiger partial charge in [0.15, 0.2) is 0 Å². The van der Waals surface area contributed by atoms with Crippen LogP contribution in [0.1, 0.15) is 5.56 Å². The van der Waals surface area contributed by atoms with E-state index in [0.717, 1.165) is 56.4 Å². The molecule has 3 heteroatoms. The highest BCUT2D eigenvalue weighted by atomic mass is 16.3. The molecule has 3 nitrogen and oxygen atoms in total. The maximum absolute atomic E-state index is 6.48. The first-order valence-electron chi connectivity index (χ1n) is 22.3. The van der Waals surface area contributed by atoms with Gasteiger partial charge in [0.1, 0.15) is 11.2 Å². The highest BCUT2D eigenvalue weighted by molar-refractivity contribution is 6.15. The van der Waals surface area contributed by atoms with Crippen LogP contribution in [0.5, 0.6) is 0 Å². The van der Waals surface area contributed by atoms with Crippen molar-refractivity contribution in [2.75, 3.05) is 11.4 Å². The smallest absolute Gasteiger partial charge is 0.143 e. The zero-order chi connectivity index (χ0) is 43.5. The SMILES string of the molecule is C=C/C=C\C(=C\c1ccc2oc3c4ccccc4ccc3c2c1)N(C/C=C\C=C/Cn1c2ccccc2c2ccccc21)c1ccc(-c2cccc(-c3ccc4ccccc4c3)c2)cc1. The summed E-state index contributed by atoms with van der Waals surface area (Å²) in [5.74, 6) is 0. The number of hydrogen-bond acceptors (Lipinski definition) is 2. The molecule has 0 saturated carbocycles. The van der Waals surface area contributed by atoms with Crippen LogP contribution in [0.2, 0.25) is 0 Å². The van der Waals surface area contributed by atoms with Crippen molar-refractivity contribution in [3.05, 3.63) is 254 Å². The Morgan fingerprint density at radius 2 is 1.14 bits per heavy atom. The molecule has 0 spiro atoms. The molecule has 2 heterocycles. The molecule has 11 rings (SSSR count). The summed E-state index contributed by atoms with van der Waals surface area (Å²) >= 11 is 0. The summed E-state index contributed by atoms with van der Waals surface area (Å²) in [7, 11) is 0. The monoisotopic (exact) mass is 834 g/mol. The molecular weight excluding hydrogens is 789 g/mol. The quantitative estimate of drug-likeness (QED) is 0.114. The van der Waals surface area contributed by atoms with Gasteiger partial charge in [0.2, 0.25) is 0 Å². The number of furan rings is 1. The van der Waals surface area contributed by atoms with E-state index < -0.39 is 0 Å². The first-order valence-corrected chi connectivity index (χ1v) is 22.3. The Hall–Kier alpha value is -8.40. The van der Waals surface area contributed by atoms with Gasteiger partial charge in [-0.3, -0.25) is 0 Å². The number of fused-ring (bicyclic) bond motifs is 9. The Bertz CT molecular complexity index is 3630. The fourth-order valence-electron chi connectivity index (χ4n) is 9.30. The summed E-state index contributed by atoms with van der Waals surface area (Å²) in [6.45, 7) is 5.46. The Morgan fingerprint density at radius 3 is 1.92 bits per heavy atom. The molecule has 0 aliphatic carbocycles. The molecule has 0 unspecified atom stereocenters. The van der Waals surface area contributed by atoms with E-state index in [2.05, 4.69) is 247 Å². The average molecular weight is 835 g/mol. The van der Waals surface area contributed by atoms with E-state index >= 15 is 0 Å². The Morgan fingerprint density at radius 1 is 0.492 bits per heavy atom. The zero-order valence-corrected chi connectivity index (χ0v) is 36.0. The minimum atomic E-state index is 0.646. The van der Waals surface area contributed by atoms with Gasteiger partial charge in [-0.1, -0.05) is 183 Å². The third kappa shape index (κ3) is 7.75. The van der Waals surface area contributed by atoms with E-state index in [1.807, 2.05) is 12.2 Å². The van der Waals surface area contributed by atoms with Crippen LogP contribution in [0.25, 0.3) is 93.6 Å². The van der Waals surface area contributed by atoms with Gasteiger partial charge in [0.05, 0.1) is 0 Å². The molecule has 0 fully saturated rings. The van der Waals surface area contributed by atoms with E-state index in [1.54, 1.807) is 0 Å². The van der Waals surface area contributed by atoms with Gasteiger partial charge < -0.3 is 13.9 Å². The van der Waals surface area contributed by atoms with Crippen molar-refractivity contribution >= 4 is 77.1 Å². The fraction of sp³-hybridized carbons (Fsp3) is 0.0323. The molecule has 0 atom stereocenters. The van der Waals surface area contributed by atoms with Gasteiger partial charge in [0.25, 0.3) is 0 Å². The van der Waals surface area contributed by atoms with E-state index in [9.17, 15) is 0 Å². The summed E-state index contributed by atoms with van der Waals surface area (Å²) in [6, 6.07) is 69.6. The number of nitrogens with zero attached hydrogens (tertiary/aromatic N) is 2. The van der Waals surface area contributed by atoms with E-state index in [-0.39, 0.29) is 0 Å². The van der Waals surface area contributed by atoms with Crippen molar-refractivity contribution in [3.8, 4) is 22.3 Å². The van der Waals surface area contributed by atoms with Gasteiger partial charge in [-0.15, -0.1) is 0 Å². The van der Waals surface area contributed by atoms with E-state index in [1.165, 1.54) is 54.7 Å². The van der Waals surface area contributed by atoms with E-state index in [0.29, 0.717) is 6.54 Å². The maximum Gasteiger partial charge on any atom is 0.143 e. The molecule has 0 amide bonds. The number of benzene rings is 9. The molecule has 0 bridgehead atoms. The minimum Gasteiger partial charge on any atom is -0.455 e. The van der Waals surface area contributed by atoms with Crippen LogP contribution in [0.3, 0.4) is 0 Å². The summed E-state index contributed by atoms with van der Waals surface area (Å²) in [4.78, 5) is 2.36. The van der Waals surface area contributed by atoms with Crippen LogP contribution in [-0.4, -0.2) is 11.1 Å². The van der Waals surface area contributed by atoms with Gasteiger partial charge >= 0.3 is 0 Å². The predicted octanol–water partition coefficient (Wildman–Crippen LogP) is 16.7. The summed E-state index contributed by atoms with van der Waals surface area (Å²) in [6.07, 6.45) is 17.0. The van der Waals surface area contributed by atoms with Crippen LogP contribution in [0.4, 0.5) is 5.69 Å². The normalized spacial score (nSPS) is 12.4. The number of aromatic nitrogens is 1. The third-order valence-electron chi connectivity index (χ3n) is 12.5. The van der Waals surface area contributed by atoms with Crippen LogP contribution < -0.4 is 4.90 Å². The van der Waals surface area contributed by atoms with Crippen LogP contribution in [-0.2, 0) is 6.54 Å². The molecule has 2 aromatic heterocycles. The molecule has 0 N–H and O–H groups in total. The number of para-hydroxylation sites is 2. The third-order valence-corrected chi connectivity index (χ3v) is 12.5. The van der Waals surface area contributed by atoms with Gasteiger partial charge in [-0.05, 0) is 111 Å². The second kappa shape index (κ2) is 17.4. The number of anilines is 1. The highest BCUT2D eigenvalue weighted by Crippen LogP contribution is 2.36. The van der Waals surface area contributed by atoms with Crippen molar-refractivity contribution in [2.24, 2.45) is 0 Å². The van der Waals surface area contributed by atoms with Gasteiger partial charge in [-0.25, -0.2) is 0 Å². The van der Waals surface area contributed by atoms with Crippen LogP contribution in [0.15, 0.2) is 253 Å². The number of hydrogen-bond donors (Lipinski definition) is 0. The lowest BCUT2D eigenvalue weighted by Gasteiger charge is -2.25. The van der Waals surface area contributed by atoms with Crippen LogP contribution >= 0.6 is 0 Å². The predicted molar refractivity (Wildman–Crippen MR) is 278 cm³/mol. The second-order valence-corrected chi connectivity index (χ2v) is 16.5. The average Bonchev–Trinajstić information content (AvgIpc) is 3.90. The summed E-state index contributed by atoms with van der Waals surface area (Å²) in [5.41, 5.74) is 12.2. The lowest BCUT2D eigenvalue weighted by molar-refractivity contribution is 0.672. The fourth-order valence-corrected chi connectivity index (χ4v) is 9.30. The minimum absolute atomic E-state index is 0.646. The van der Waals surface area contributed by atoms with Crippen molar-refractivity contribution < 1.29 is 4.42 Å². The molecule has 0 aliphatic heterocycles. The zero-order valence-electron chi connectivity index (χ0n) is 36.0. The molecule has 0 aliphatic rings. The first-order chi connectivity index (χ1) is 32.2.